The van der Waals surface area contributed by atoms with Gasteiger partial charge in [0.25, 0.3) is 5.69 Å². The predicted molar refractivity (Wildman–Crippen MR) is 135 cm³/mol. The molecule has 0 aliphatic rings. The van der Waals surface area contributed by atoms with Crippen LogP contribution in [0.25, 0.3) is 27.7 Å². The van der Waals surface area contributed by atoms with E-state index >= 15 is 0 Å². The summed E-state index contributed by atoms with van der Waals surface area (Å²) in [6.45, 7) is 1.77. The van der Waals surface area contributed by atoms with Crippen LogP contribution in [0.1, 0.15) is 12.5 Å². The zero-order valence-corrected chi connectivity index (χ0v) is 19.9. The summed E-state index contributed by atoms with van der Waals surface area (Å²) in [6.07, 6.45) is 3.05. The number of fused-ring (bicyclic) bond motifs is 1. The molecule has 9 heteroatoms. The molecule has 1 aromatic heterocycles. The number of rotatable bonds is 7. The van der Waals surface area contributed by atoms with Gasteiger partial charge in [-0.2, -0.15) is 0 Å². The van der Waals surface area contributed by atoms with Crippen LogP contribution in [0.5, 0.6) is 11.5 Å². The first-order valence-corrected chi connectivity index (χ1v) is 10.9. The van der Waals surface area contributed by atoms with E-state index in [1.54, 1.807) is 26.4 Å². The van der Waals surface area contributed by atoms with Gasteiger partial charge < -0.3 is 19.2 Å². The number of nitro benzene ring substituents is 1. The van der Waals surface area contributed by atoms with E-state index in [0.29, 0.717) is 28.2 Å². The standard InChI is InChI=1S/C26H21ClN2O6/c1-15(10-26(30)28-16-8-9-21(27)22(11-16)29(31)32)18-12-19-20(14-35-25(19)13-24(18)34-3)17-6-4-5-7-23(17)33-2/h4-14H,1-3H3,(H,28,30)/b15-10+. The number of amides is 1. The van der Waals surface area contributed by atoms with Crippen molar-refractivity contribution < 1.29 is 23.6 Å². The van der Waals surface area contributed by atoms with Crippen LogP contribution in [-0.4, -0.2) is 25.1 Å². The molecule has 0 aliphatic heterocycles. The van der Waals surface area contributed by atoms with E-state index in [2.05, 4.69) is 5.32 Å². The fraction of sp³-hybridized carbons (Fsp3) is 0.115. The summed E-state index contributed by atoms with van der Waals surface area (Å²) < 4.78 is 16.8. The Balaban J connectivity index is 1.71. The van der Waals surface area contributed by atoms with Crippen LogP contribution in [-0.2, 0) is 4.79 Å². The van der Waals surface area contributed by atoms with Gasteiger partial charge >= 0.3 is 0 Å². The Morgan fingerprint density at radius 3 is 2.51 bits per heavy atom. The molecule has 178 valence electrons. The lowest BCUT2D eigenvalue weighted by atomic mass is 9.98. The van der Waals surface area contributed by atoms with Crippen LogP contribution in [0.15, 0.2) is 71.4 Å². The highest BCUT2D eigenvalue weighted by Crippen LogP contribution is 2.40. The number of nitro groups is 1. The van der Waals surface area contributed by atoms with Crippen LogP contribution in [0.2, 0.25) is 5.02 Å². The second-order valence-corrected chi connectivity index (χ2v) is 8.05. The van der Waals surface area contributed by atoms with E-state index < -0.39 is 10.8 Å². The Hall–Kier alpha value is -4.30. The lowest BCUT2D eigenvalue weighted by Gasteiger charge is -2.11. The average Bonchev–Trinajstić information content (AvgIpc) is 3.26. The number of carbonyl (C=O) groups is 1. The number of nitrogens with zero attached hydrogens (tertiary/aromatic N) is 1. The molecule has 1 N–H and O–H groups in total. The second kappa shape index (κ2) is 9.90. The zero-order valence-electron chi connectivity index (χ0n) is 19.1. The number of hydrogen-bond acceptors (Lipinski definition) is 6. The maximum absolute atomic E-state index is 12.7. The molecule has 0 bridgehead atoms. The number of benzene rings is 3. The van der Waals surface area contributed by atoms with Crippen LogP contribution in [0, 0.1) is 10.1 Å². The average molecular weight is 493 g/mol. The van der Waals surface area contributed by atoms with E-state index in [1.165, 1.54) is 31.4 Å². The Morgan fingerprint density at radius 2 is 1.80 bits per heavy atom. The third-order valence-electron chi connectivity index (χ3n) is 5.48. The number of hydrogen-bond donors (Lipinski definition) is 1. The van der Waals surface area contributed by atoms with E-state index in [0.717, 1.165) is 16.5 Å². The number of halogens is 1. The molecule has 0 saturated carbocycles. The van der Waals surface area contributed by atoms with Crippen molar-refractivity contribution in [3.05, 3.63) is 87.6 Å². The Morgan fingerprint density at radius 1 is 1.06 bits per heavy atom. The van der Waals surface area contributed by atoms with Gasteiger partial charge in [-0.05, 0) is 36.8 Å². The van der Waals surface area contributed by atoms with Crippen molar-refractivity contribution in [3.63, 3.8) is 0 Å². The molecule has 0 spiro atoms. The fourth-order valence-corrected chi connectivity index (χ4v) is 3.98. The van der Waals surface area contributed by atoms with Gasteiger partial charge in [-0.25, -0.2) is 0 Å². The number of furan rings is 1. The highest BCUT2D eigenvalue weighted by Gasteiger charge is 2.17. The second-order valence-electron chi connectivity index (χ2n) is 7.64. The van der Waals surface area contributed by atoms with Crippen molar-refractivity contribution in [2.75, 3.05) is 19.5 Å². The van der Waals surface area contributed by atoms with Crippen LogP contribution in [0.3, 0.4) is 0 Å². The number of methoxy groups -OCH3 is 2. The Bertz CT molecular complexity index is 1470. The topological polar surface area (TPSA) is 104 Å². The van der Waals surface area contributed by atoms with E-state index in [9.17, 15) is 14.9 Å². The minimum atomic E-state index is -0.608. The van der Waals surface area contributed by atoms with Gasteiger partial charge in [0.05, 0.1) is 25.4 Å². The number of carbonyl (C=O) groups excluding carboxylic acids is 1. The molecule has 3 aromatic carbocycles. The van der Waals surface area contributed by atoms with Crippen molar-refractivity contribution in [2.45, 2.75) is 6.92 Å². The first kappa shape index (κ1) is 23.8. The highest BCUT2D eigenvalue weighted by atomic mass is 35.5. The molecule has 0 saturated heterocycles. The van der Waals surface area contributed by atoms with Crippen molar-refractivity contribution in [1.82, 2.24) is 0 Å². The van der Waals surface area contributed by atoms with Crippen molar-refractivity contribution in [2.24, 2.45) is 0 Å². The Labute approximate surface area is 205 Å². The maximum Gasteiger partial charge on any atom is 0.289 e. The largest absolute Gasteiger partial charge is 0.496 e. The van der Waals surface area contributed by atoms with E-state index in [-0.39, 0.29) is 16.4 Å². The lowest BCUT2D eigenvalue weighted by molar-refractivity contribution is -0.384. The maximum atomic E-state index is 12.7. The molecule has 0 aliphatic carbocycles. The molecule has 0 radical (unpaired) electrons. The van der Waals surface area contributed by atoms with Gasteiger partial charge in [0.1, 0.15) is 22.1 Å². The van der Waals surface area contributed by atoms with Crippen molar-refractivity contribution in [1.29, 1.82) is 0 Å². The lowest BCUT2D eigenvalue weighted by Crippen LogP contribution is -2.09. The molecule has 1 amide bonds. The molecule has 4 rings (SSSR count). The normalized spacial score (nSPS) is 11.4. The summed E-state index contributed by atoms with van der Waals surface area (Å²) in [6, 6.07) is 15.3. The number of para-hydroxylation sites is 1. The van der Waals surface area contributed by atoms with Gasteiger partial charge in [-0.3, -0.25) is 14.9 Å². The van der Waals surface area contributed by atoms with E-state index in [1.807, 2.05) is 30.3 Å². The van der Waals surface area contributed by atoms with Crippen LogP contribution < -0.4 is 14.8 Å². The Kier molecular flexibility index (Phi) is 6.75. The summed E-state index contributed by atoms with van der Waals surface area (Å²) in [5, 5.41) is 14.6. The molecule has 8 nitrogen and oxygen atoms in total. The molecular weight excluding hydrogens is 472 g/mol. The number of anilines is 1. The SMILES string of the molecule is COc1cc2occ(-c3ccccc3OC)c2cc1/C(C)=C/C(=O)Nc1ccc(Cl)c([N+](=O)[O-])c1. The predicted octanol–water partition coefficient (Wildman–Crippen LogP) is 6.72. The van der Waals surface area contributed by atoms with Crippen molar-refractivity contribution >= 4 is 45.4 Å². The number of nitrogens with one attached hydrogen (secondary N) is 1. The fourth-order valence-electron chi connectivity index (χ4n) is 3.79. The minimum Gasteiger partial charge on any atom is -0.496 e. The third-order valence-corrected chi connectivity index (χ3v) is 5.80. The number of allylic oxidation sites excluding steroid dienone is 1. The van der Waals surface area contributed by atoms with Crippen LogP contribution >= 0.6 is 11.6 Å². The summed E-state index contributed by atoms with van der Waals surface area (Å²) in [5.74, 6) is 0.775. The van der Waals surface area contributed by atoms with Gasteiger partial charge in [0, 0.05) is 46.0 Å². The summed E-state index contributed by atoms with van der Waals surface area (Å²) in [5.41, 5.74) is 3.61. The highest BCUT2D eigenvalue weighted by molar-refractivity contribution is 6.32. The first-order chi connectivity index (χ1) is 16.8. The molecule has 0 fully saturated rings. The molecule has 4 aromatic rings. The van der Waals surface area contributed by atoms with Gasteiger partial charge in [-0.15, -0.1) is 0 Å². The molecular formula is C26H21ClN2O6. The monoisotopic (exact) mass is 492 g/mol. The summed E-state index contributed by atoms with van der Waals surface area (Å²) >= 11 is 5.84. The zero-order chi connectivity index (χ0) is 25.1. The smallest absolute Gasteiger partial charge is 0.289 e. The molecule has 35 heavy (non-hydrogen) atoms. The molecule has 0 unspecified atom stereocenters. The van der Waals surface area contributed by atoms with Gasteiger partial charge in [0.15, 0.2) is 0 Å². The summed E-state index contributed by atoms with van der Waals surface area (Å²) in [4.78, 5) is 23.2. The van der Waals surface area contributed by atoms with Gasteiger partial charge in [-0.1, -0.05) is 29.8 Å². The summed E-state index contributed by atoms with van der Waals surface area (Å²) in [7, 11) is 3.14. The minimum absolute atomic E-state index is 0.0104. The molecule has 0 atom stereocenters. The van der Waals surface area contributed by atoms with Crippen LogP contribution in [0.4, 0.5) is 11.4 Å². The van der Waals surface area contributed by atoms with Gasteiger partial charge in [0.2, 0.25) is 5.91 Å². The third kappa shape index (κ3) is 4.83. The quantitative estimate of drug-likeness (QED) is 0.174. The molecule has 1 heterocycles. The van der Waals surface area contributed by atoms with Crippen molar-refractivity contribution in [3.8, 4) is 22.6 Å². The van der Waals surface area contributed by atoms with E-state index in [4.69, 9.17) is 25.5 Å². The first-order valence-electron chi connectivity index (χ1n) is 10.5. The number of ether oxygens (including phenoxy) is 2.